The normalized spacial score (nSPS) is 14.2. The highest BCUT2D eigenvalue weighted by atomic mass is 16.7. The maximum Gasteiger partial charge on any atom is 0.231 e. The molecule has 0 bridgehead atoms. The Bertz CT molecular complexity index is 840. The third-order valence-corrected chi connectivity index (χ3v) is 3.76. The van der Waals surface area contributed by atoms with E-state index in [9.17, 15) is 4.79 Å². The van der Waals surface area contributed by atoms with Crippen LogP contribution in [0.15, 0.2) is 36.4 Å². The van der Waals surface area contributed by atoms with Crippen molar-refractivity contribution in [3.63, 3.8) is 0 Å². The van der Waals surface area contributed by atoms with Crippen molar-refractivity contribution in [3.8, 4) is 28.7 Å². The molecule has 0 N–H and O–H groups in total. The molecule has 0 radical (unpaired) electrons. The van der Waals surface area contributed by atoms with E-state index in [0.29, 0.717) is 34.3 Å². The molecule has 0 atom stereocenters. The van der Waals surface area contributed by atoms with Crippen molar-refractivity contribution in [1.29, 1.82) is 0 Å². The van der Waals surface area contributed by atoms with E-state index >= 15 is 0 Å². The summed E-state index contributed by atoms with van der Waals surface area (Å²) in [6.45, 7) is 0.342. The van der Waals surface area contributed by atoms with E-state index in [4.69, 9.17) is 23.7 Å². The molecule has 6 nitrogen and oxygen atoms in total. The number of fused-ring (bicyclic) bond motifs is 2. The fourth-order valence-electron chi connectivity index (χ4n) is 2.56. The number of rotatable bonds is 4. The Morgan fingerprint density at radius 2 is 1.79 bits per heavy atom. The third-order valence-electron chi connectivity index (χ3n) is 3.76. The summed E-state index contributed by atoms with van der Waals surface area (Å²) in [4.78, 5) is 12.3. The second-order valence-electron chi connectivity index (χ2n) is 5.22. The molecule has 6 heteroatoms. The van der Waals surface area contributed by atoms with Gasteiger partial charge in [0.1, 0.15) is 0 Å². The van der Waals surface area contributed by atoms with Crippen LogP contribution in [0.2, 0.25) is 0 Å². The quantitative estimate of drug-likeness (QED) is 0.636. The Hall–Kier alpha value is -3.15. The number of carbonyl (C=O) groups excluding carboxylic acids is 1. The number of carbonyl (C=O) groups is 1. The fraction of sp³-hybridized carbons (Fsp3) is 0.167. The Balaban J connectivity index is 1.58. The molecule has 2 heterocycles. The molecule has 0 aromatic heterocycles. The fourth-order valence-corrected chi connectivity index (χ4v) is 2.56. The van der Waals surface area contributed by atoms with Crippen LogP contribution in [0, 0.1) is 0 Å². The van der Waals surface area contributed by atoms with E-state index in [2.05, 4.69) is 0 Å². The van der Waals surface area contributed by atoms with Gasteiger partial charge >= 0.3 is 0 Å². The lowest BCUT2D eigenvalue weighted by atomic mass is 10.1. The van der Waals surface area contributed by atoms with E-state index < -0.39 is 0 Å². The summed E-state index contributed by atoms with van der Waals surface area (Å²) >= 11 is 0. The average molecular weight is 326 g/mol. The molecule has 2 aliphatic rings. The molecule has 24 heavy (non-hydrogen) atoms. The SMILES string of the molecule is COc1cc(/C=C/C(=O)c2ccc3c(c2)OCO3)cc2c1OCO2. The maximum atomic E-state index is 12.3. The van der Waals surface area contributed by atoms with Gasteiger partial charge in [0.15, 0.2) is 28.8 Å². The minimum atomic E-state index is -0.134. The number of ketones is 1. The number of benzene rings is 2. The van der Waals surface area contributed by atoms with Gasteiger partial charge in [-0.3, -0.25) is 4.79 Å². The maximum absolute atomic E-state index is 12.3. The van der Waals surface area contributed by atoms with Gasteiger partial charge in [0, 0.05) is 5.56 Å². The first-order valence-corrected chi connectivity index (χ1v) is 7.34. The molecule has 0 saturated heterocycles. The predicted octanol–water partition coefficient (Wildman–Crippen LogP) is 3.05. The molecule has 0 aliphatic carbocycles. The van der Waals surface area contributed by atoms with Crippen LogP contribution in [-0.2, 0) is 0 Å². The average Bonchev–Trinajstić information content (AvgIpc) is 3.26. The van der Waals surface area contributed by atoms with Gasteiger partial charge in [-0.15, -0.1) is 0 Å². The zero-order valence-corrected chi connectivity index (χ0v) is 12.9. The molecule has 2 aromatic carbocycles. The highest BCUT2D eigenvalue weighted by molar-refractivity contribution is 6.07. The van der Waals surface area contributed by atoms with Crippen molar-refractivity contribution >= 4 is 11.9 Å². The first-order valence-electron chi connectivity index (χ1n) is 7.34. The van der Waals surface area contributed by atoms with Gasteiger partial charge < -0.3 is 23.7 Å². The first-order chi connectivity index (χ1) is 11.7. The predicted molar refractivity (Wildman–Crippen MR) is 85.0 cm³/mol. The van der Waals surface area contributed by atoms with E-state index in [-0.39, 0.29) is 19.4 Å². The van der Waals surface area contributed by atoms with E-state index in [1.165, 1.54) is 6.08 Å². The second kappa shape index (κ2) is 5.81. The monoisotopic (exact) mass is 326 g/mol. The molecular weight excluding hydrogens is 312 g/mol. The Kier molecular flexibility index (Phi) is 3.49. The van der Waals surface area contributed by atoms with Crippen molar-refractivity contribution in [3.05, 3.63) is 47.5 Å². The lowest BCUT2D eigenvalue weighted by molar-refractivity contribution is 0.104. The van der Waals surface area contributed by atoms with Gasteiger partial charge in [0.25, 0.3) is 0 Å². The number of hydrogen-bond donors (Lipinski definition) is 0. The summed E-state index contributed by atoms with van der Waals surface area (Å²) in [6, 6.07) is 8.70. The van der Waals surface area contributed by atoms with Crippen LogP contribution in [0.4, 0.5) is 0 Å². The summed E-state index contributed by atoms with van der Waals surface area (Å²) in [7, 11) is 1.56. The van der Waals surface area contributed by atoms with Crippen LogP contribution in [-0.4, -0.2) is 26.5 Å². The third kappa shape index (κ3) is 2.52. The minimum absolute atomic E-state index is 0.134. The molecule has 0 amide bonds. The molecule has 4 rings (SSSR count). The number of methoxy groups -OCH3 is 1. The lowest BCUT2D eigenvalue weighted by Gasteiger charge is -2.05. The summed E-state index contributed by atoms with van der Waals surface area (Å²) < 4.78 is 26.5. The van der Waals surface area contributed by atoms with Crippen LogP contribution in [0.3, 0.4) is 0 Å². The van der Waals surface area contributed by atoms with Crippen molar-refractivity contribution in [2.24, 2.45) is 0 Å². The molecular formula is C18H14O6. The van der Waals surface area contributed by atoms with Crippen molar-refractivity contribution in [2.45, 2.75) is 0 Å². The lowest BCUT2D eigenvalue weighted by Crippen LogP contribution is -1.94. The van der Waals surface area contributed by atoms with Crippen LogP contribution in [0.25, 0.3) is 6.08 Å². The topological polar surface area (TPSA) is 63.2 Å². The first kappa shape index (κ1) is 14.4. The van der Waals surface area contributed by atoms with Crippen LogP contribution >= 0.6 is 0 Å². The van der Waals surface area contributed by atoms with E-state index in [0.717, 1.165) is 5.56 Å². The second-order valence-corrected chi connectivity index (χ2v) is 5.22. The highest BCUT2D eigenvalue weighted by Crippen LogP contribution is 2.42. The van der Waals surface area contributed by atoms with E-state index in [1.807, 2.05) is 0 Å². The van der Waals surface area contributed by atoms with Gasteiger partial charge in [-0.25, -0.2) is 0 Å². The summed E-state index contributed by atoms with van der Waals surface area (Å²) in [5.41, 5.74) is 1.31. The molecule has 122 valence electrons. The summed E-state index contributed by atoms with van der Waals surface area (Å²) in [5.74, 6) is 2.85. The van der Waals surface area contributed by atoms with Gasteiger partial charge in [-0.2, -0.15) is 0 Å². The Labute approximate surface area is 138 Å². The summed E-state index contributed by atoms with van der Waals surface area (Å²) in [5, 5.41) is 0. The van der Waals surface area contributed by atoms with Crippen molar-refractivity contribution in [1.82, 2.24) is 0 Å². The smallest absolute Gasteiger partial charge is 0.231 e. The molecule has 0 unspecified atom stereocenters. The van der Waals surface area contributed by atoms with Gasteiger partial charge in [0.05, 0.1) is 7.11 Å². The number of ether oxygens (including phenoxy) is 5. The van der Waals surface area contributed by atoms with Crippen molar-refractivity contribution in [2.75, 3.05) is 20.7 Å². The Morgan fingerprint density at radius 1 is 1.00 bits per heavy atom. The number of allylic oxidation sites excluding steroid dienone is 1. The summed E-state index contributed by atoms with van der Waals surface area (Å²) in [6.07, 6.45) is 3.20. The zero-order chi connectivity index (χ0) is 16.5. The zero-order valence-electron chi connectivity index (χ0n) is 12.9. The minimum Gasteiger partial charge on any atom is -0.493 e. The molecule has 0 spiro atoms. The van der Waals surface area contributed by atoms with E-state index in [1.54, 1.807) is 43.5 Å². The van der Waals surface area contributed by atoms with Crippen molar-refractivity contribution < 1.29 is 28.5 Å². The molecule has 0 fully saturated rings. The van der Waals surface area contributed by atoms with Crippen LogP contribution in [0.5, 0.6) is 28.7 Å². The number of hydrogen-bond acceptors (Lipinski definition) is 6. The van der Waals surface area contributed by atoms with Crippen LogP contribution < -0.4 is 23.7 Å². The van der Waals surface area contributed by atoms with Crippen LogP contribution in [0.1, 0.15) is 15.9 Å². The Morgan fingerprint density at radius 3 is 2.67 bits per heavy atom. The highest BCUT2D eigenvalue weighted by Gasteiger charge is 2.19. The van der Waals surface area contributed by atoms with Gasteiger partial charge in [0.2, 0.25) is 19.3 Å². The van der Waals surface area contributed by atoms with Gasteiger partial charge in [-0.05, 0) is 42.0 Å². The molecule has 2 aliphatic heterocycles. The largest absolute Gasteiger partial charge is 0.493 e. The standard InChI is InChI=1S/C18H14O6/c1-20-16-6-11(7-17-18(16)24-10-23-17)2-4-13(19)12-3-5-14-15(8-12)22-9-21-14/h2-8H,9-10H2,1H3/b4-2+. The molecule has 0 saturated carbocycles. The molecule has 2 aromatic rings. The van der Waals surface area contributed by atoms with Gasteiger partial charge in [-0.1, -0.05) is 6.08 Å².